The molecule has 0 radical (unpaired) electrons. The van der Waals surface area contributed by atoms with Gasteiger partial charge in [-0.2, -0.15) is 0 Å². The molecule has 3 aromatic rings. The zero-order valence-electron chi connectivity index (χ0n) is 18.9. The van der Waals surface area contributed by atoms with E-state index in [1.807, 2.05) is 0 Å². The Hall–Kier alpha value is -3.74. The Morgan fingerprint density at radius 2 is 1.78 bits per heavy atom. The van der Waals surface area contributed by atoms with E-state index in [4.69, 9.17) is 16.3 Å². The number of anilines is 3. The highest BCUT2D eigenvalue weighted by Gasteiger charge is 2.40. The van der Waals surface area contributed by atoms with E-state index in [1.54, 1.807) is 31.4 Å². The Kier molecular flexibility index (Phi) is 7.11. The molecule has 4 rings (SSSR count). The lowest BCUT2D eigenvalue weighted by Crippen LogP contribution is -2.33. The topological polar surface area (TPSA) is 135 Å². The number of esters is 1. The number of nitrogens with one attached hydrogen (secondary N) is 2. The van der Waals surface area contributed by atoms with E-state index < -0.39 is 33.9 Å². The molecule has 186 valence electrons. The van der Waals surface area contributed by atoms with Gasteiger partial charge in [-0.3, -0.25) is 14.3 Å². The smallest absolute Gasteiger partial charge is 0.340 e. The maximum Gasteiger partial charge on any atom is 0.340 e. The van der Waals surface area contributed by atoms with Gasteiger partial charge in [-0.15, -0.1) is 11.3 Å². The Labute approximate surface area is 215 Å². The van der Waals surface area contributed by atoms with Crippen LogP contribution in [-0.4, -0.2) is 37.3 Å². The van der Waals surface area contributed by atoms with Gasteiger partial charge in [-0.25, -0.2) is 23.1 Å². The summed E-state index contributed by atoms with van der Waals surface area (Å²) in [6.07, 6.45) is 1.07. The number of nitrogens with zero attached hydrogens (tertiary/aromatic N) is 2. The largest absolute Gasteiger partial charge is 0.459 e. The molecule has 1 aliphatic heterocycles. The predicted octanol–water partition coefficient (Wildman–Crippen LogP) is 3.94. The van der Waals surface area contributed by atoms with Gasteiger partial charge < -0.3 is 10.1 Å². The van der Waals surface area contributed by atoms with E-state index >= 15 is 0 Å². The van der Waals surface area contributed by atoms with E-state index in [2.05, 4.69) is 15.0 Å². The van der Waals surface area contributed by atoms with Crippen molar-refractivity contribution >= 4 is 67.3 Å². The third kappa shape index (κ3) is 5.10. The maximum absolute atomic E-state index is 13.2. The van der Waals surface area contributed by atoms with Crippen LogP contribution in [0, 0.1) is 0 Å². The minimum atomic E-state index is -3.87. The lowest BCUT2D eigenvalue weighted by atomic mass is 10.1. The van der Waals surface area contributed by atoms with Gasteiger partial charge in [0.2, 0.25) is 0 Å². The number of carbonyl (C=O) groups is 3. The van der Waals surface area contributed by atoms with Gasteiger partial charge in [0.15, 0.2) is 5.13 Å². The van der Waals surface area contributed by atoms with Gasteiger partial charge >= 0.3 is 5.97 Å². The van der Waals surface area contributed by atoms with Crippen molar-refractivity contribution in [3.05, 3.63) is 76.4 Å². The number of hydrogen-bond acceptors (Lipinski definition) is 9. The van der Waals surface area contributed by atoms with Gasteiger partial charge in [0.1, 0.15) is 10.7 Å². The van der Waals surface area contributed by atoms with Crippen LogP contribution in [0.3, 0.4) is 0 Å². The summed E-state index contributed by atoms with van der Waals surface area (Å²) in [4.78, 5) is 43.2. The van der Waals surface area contributed by atoms with Gasteiger partial charge in [-0.1, -0.05) is 23.7 Å². The Morgan fingerprint density at radius 3 is 2.42 bits per heavy atom. The fraction of sp³-hybridized carbons (Fsp3) is 0.130. The van der Waals surface area contributed by atoms with Gasteiger partial charge in [-0.05, 0) is 50.2 Å². The minimum Gasteiger partial charge on any atom is -0.459 e. The molecule has 10 nitrogen and oxygen atoms in total. The molecule has 2 heterocycles. The quantitative estimate of drug-likeness (QED) is 0.320. The molecule has 0 saturated carbocycles. The first kappa shape index (κ1) is 25.4. The van der Waals surface area contributed by atoms with Crippen LogP contribution in [0.2, 0.25) is 0 Å². The highest BCUT2D eigenvalue weighted by atomic mass is 35.5. The van der Waals surface area contributed by atoms with Crippen LogP contribution < -0.4 is 14.9 Å². The fourth-order valence-electron chi connectivity index (χ4n) is 3.26. The third-order valence-electron chi connectivity index (χ3n) is 4.82. The van der Waals surface area contributed by atoms with Crippen molar-refractivity contribution in [2.45, 2.75) is 24.8 Å². The predicted molar refractivity (Wildman–Crippen MR) is 135 cm³/mol. The summed E-state index contributed by atoms with van der Waals surface area (Å²) in [7, 11) is -3.87. The van der Waals surface area contributed by atoms with Crippen molar-refractivity contribution in [1.82, 2.24) is 4.98 Å². The molecule has 2 amide bonds. The normalized spacial score (nSPS) is 13.9. The monoisotopic (exact) mass is 546 g/mol. The Balaban J connectivity index is 1.56. The van der Waals surface area contributed by atoms with E-state index in [0.29, 0.717) is 5.69 Å². The molecule has 0 unspecified atom stereocenters. The summed E-state index contributed by atoms with van der Waals surface area (Å²) in [5.41, 5.74) is 0.153. The van der Waals surface area contributed by atoms with Crippen LogP contribution in [0.1, 0.15) is 24.2 Å². The van der Waals surface area contributed by atoms with E-state index in [9.17, 15) is 22.8 Å². The summed E-state index contributed by atoms with van der Waals surface area (Å²) in [5.74, 6) is -2.29. The number of para-hydroxylation sites is 1. The zero-order valence-corrected chi connectivity index (χ0v) is 21.3. The molecule has 2 N–H and O–H groups in total. The molecule has 1 aromatic heterocycles. The standard InChI is InChI=1S/C23H19ClN4O6S2/c1-13(2)34-22(31)16-5-3-4-6-17(16)28-20(29)18(24)19(21(28)30)26-14-7-9-15(10-8-14)36(32,33)27-23-25-11-12-35-23/h3-13,26H,1-2H3,(H,25,27). The van der Waals surface area contributed by atoms with Gasteiger partial charge in [0.25, 0.3) is 21.8 Å². The molecule has 0 fully saturated rings. The SMILES string of the molecule is CC(C)OC(=O)c1ccccc1N1C(=O)C(Cl)=C(Nc2ccc(S(=O)(=O)Nc3nccs3)cc2)C1=O. The molecular formula is C23H19ClN4O6S2. The molecule has 0 saturated heterocycles. The summed E-state index contributed by atoms with van der Waals surface area (Å²) < 4.78 is 32.6. The number of rotatable bonds is 8. The molecule has 36 heavy (non-hydrogen) atoms. The summed E-state index contributed by atoms with van der Waals surface area (Å²) in [5, 5.41) is 4.25. The van der Waals surface area contributed by atoms with Crippen LogP contribution >= 0.6 is 22.9 Å². The molecule has 2 aromatic carbocycles. The van der Waals surface area contributed by atoms with Crippen molar-refractivity contribution in [3.63, 3.8) is 0 Å². The van der Waals surface area contributed by atoms with Crippen molar-refractivity contribution in [1.29, 1.82) is 0 Å². The summed E-state index contributed by atoms with van der Waals surface area (Å²) in [6.45, 7) is 3.36. The lowest BCUT2D eigenvalue weighted by molar-refractivity contribution is -0.120. The number of amides is 2. The van der Waals surface area contributed by atoms with Crippen LogP contribution in [0.5, 0.6) is 0 Å². The molecule has 0 aliphatic carbocycles. The molecular weight excluding hydrogens is 528 g/mol. The van der Waals surface area contributed by atoms with Crippen molar-refractivity contribution in [2.75, 3.05) is 14.9 Å². The first-order chi connectivity index (χ1) is 17.1. The second-order valence-electron chi connectivity index (χ2n) is 7.70. The van der Waals surface area contributed by atoms with Crippen LogP contribution in [-0.2, 0) is 24.3 Å². The summed E-state index contributed by atoms with van der Waals surface area (Å²) in [6, 6.07) is 11.5. The van der Waals surface area contributed by atoms with Crippen molar-refractivity contribution < 1.29 is 27.5 Å². The number of benzene rings is 2. The highest BCUT2D eigenvalue weighted by Crippen LogP contribution is 2.33. The van der Waals surface area contributed by atoms with Gasteiger partial charge in [0, 0.05) is 17.3 Å². The van der Waals surface area contributed by atoms with E-state index in [1.165, 1.54) is 42.6 Å². The van der Waals surface area contributed by atoms with Crippen molar-refractivity contribution in [3.8, 4) is 0 Å². The second-order valence-corrected chi connectivity index (χ2v) is 10.7. The van der Waals surface area contributed by atoms with E-state index in [-0.39, 0.29) is 32.0 Å². The molecule has 1 aliphatic rings. The summed E-state index contributed by atoms with van der Waals surface area (Å²) >= 11 is 7.33. The minimum absolute atomic E-state index is 0.0286. The number of carbonyl (C=O) groups excluding carboxylic acids is 3. The number of halogens is 1. The molecule has 0 bridgehead atoms. The number of ether oxygens (including phenoxy) is 1. The second kappa shape index (κ2) is 10.1. The number of thiazole rings is 1. The van der Waals surface area contributed by atoms with E-state index in [0.717, 1.165) is 16.2 Å². The average Bonchev–Trinajstić information content (AvgIpc) is 3.41. The molecule has 13 heteroatoms. The fourth-order valence-corrected chi connectivity index (χ4v) is 5.26. The number of aromatic nitrogens is 1. The van der Waals surface area contributed by atoms with Crippen LogP contribution in [0.4, 0.5) is 16.5 Å². The first-order valence-electron chi connectivity index (χ1n) is 10.5. The zero-order chi connectivity index (χ0) is 26.0. The van der Waals surface area contributed by atoms with Crippen molar-refractivity contribution in [2.24, 2.45) is 0 Å². The molecule has 0 spiro atoms. The van der Waals surface area contributed by atoms with Gasteiger partial charge in [0.05, 0.1) is 22.3 Å². The maximum atomic E-state index is 13.2. The highest BCUT2D eigenvalue weighted by molar-refractivity contribution is 7.93. The Morgan fingerprint density at radius 1 is 1.08 bits per heavy atom. The first-order valence-corrected chi connectivity index (χ1v) is 13.2. The number of imide groups is 1. The van der Waals surface area contributed by atoms with Crippen LogP contribution in [0.25, 0.3) is 0 Å². The third-order valence-corrected chi connectivity index (χ3v) is 7.35. The molecule has 0 atom stereocenters. The lowest BCUT2D eigenvalue weighted by Gasteiger charge is -2.19. The number of sulfonamides is 1. The van der Waals surface area contributed by atoms with Crippen LogP contribution in [0.15, 0.2) is 75.7 Å². The number of hydrogen-bond donors (Lipinski definition) is 2. The Bertz CT molecular complexity index is 1470. The average molecular weight is 547 g/mol.